The minimum atomic E-state index is -0.443. The van der Waals surface area contributed by atoms with Crippen LogP contribution in [0.15, 0.2) is 45.8 Å². The van der Waals surface area contributed by atoms with Crippen LogP contribution in [0.3, 0.4) is 0 Å². The van der Waals surface area contributed by atoms with E-state index in [0.29, 0.717) is 11.4 Å². The average molecular weight is 369 g/mol. The Kier molecular flexibility index (Phi) is 5.08. The van der Waals surface area contributed by atoms with E-state index in [0.717, 1.165) is 14.9 Å². The molecule has 0 aliphatic rings. The number of ether oxygens (including phenoxy) is 1. The number of rotatable bonds is 5. The number of nitrogens with zero attached hydrogens (tertiary/aromatic N) is 1. The number of benzene rings is 2. The molecule has 0 saturated heterocycles. The van der Waals surface area contributed by atoms with Gasteiger partial charge in [0.15, 0.2) is 5.75 Å². The molecule has 0 fully saturated rings. The normalized spacial score (nSPS) is 10.4. The highest BCUT2D eigenvalue weighted by molar-refractivity contribution is 9.10. The standard InChI is InChI=1S/C14H13BrN2O3S/c1-20-13-4-2-9(6-12(13)17(18)19)8-21-14-5-3-10(15)7-11(14)16/h2-7H,8,16H2,1H3. The Morgan fingerprint density at radius 3 is 2.71 bits per heavy atom. The first-order valence-electron chi connectivity index (χ1n) is 6.00. The number of methoxy groups -OCH3 is 1. The molecule has 0 unspecified atom stereocenters. The number of nitro benzene ring substituents is 1. The quantitative estimate of drug-likeness (QED) is 0.369. The van der Waals surface area contributed by atoms with Gasteiger partial charge in [-0.1, -0.05) is 22.0 Å². The van der Waals surface area contributed by atoms with Crippen LogP contribution in [0, 0.1) is 10.1 Å². The van der Waals surface area contributed by atoms with Crippen molar-refractivity contribution in [3.8, 4) is 5.75 Å². The number of nitrogens with two attached hydrogens (primary N) is 1. The molecule has 0 bridgehead atoms. The zero-order chi connectivity index (χ0) is 15.4. The Morgan fingerprint density at radius 1 is 1.33 bits per heavy atom. The topological polar surface area (TPSA) is 78.4 Å². The van der Waals surface area contributed by atoms with Gasteiger partial charge in [0.2, 0.25) is 0 Å². The van der Waals surface area contributed by atoms with E-state index >= 15 is 0 Å². The van der Waals surface area contributed by atoms with Crippen LogP contribution in [0.2, 0.25) is 0 Å². The van der Waals surface area contributed by atoms with Crippen molar-refractivity contribution < 1.29 is 9.66 Å². The zero-order valence-electron chi connectivity index (χ0n) is 11.2. The Balaban J connectivity index is 2.16. The van der Waals surface area contributed by atoms with Crippen LogP contribution in [0.1, 0.15) is 5.56 Å². The lowest BCUT2D eigenvalue weighted by Gasteiger charge is -2.07. The van der Waals surface area contributed by atoms with Crippen molar-refractivity contribution in [2.45, 2.75) is 10.6 Å². The van der Waals surface area contributed by atoms with Crippen molar-refractivity contribution >= 4 is 39.1 Å². The third-order valence-electron chi connectivity index (χ3n) is 2.81. The fraction of sp³-hybridized carbons (Fsp3) is 0.143. The third-order valence-corrected chi connectivity index (χ3v) is 4.46. The molecule has 5 nitrogen and oxygen atoms in total. The van der Waals surface area contributed by atoms with Crippen LogP contribution in [0.5, 0.6) is 5.75 Å². The molecule has 0 saturated carbocycles. The maximum absolute atomic E-state index is 11.0. The Bertz CT molecular complexity index is 679. The van der Waals surface area contributed by atoms with Crippen molar-refractivity contribution in [1.29, 1.82) is 0 Å². The summed E-state index contributed by atoms with van der Waals surface area (Å²) in [5, 5.41) is 11.0. The summed E-state index contributed by atoms with van der Waals surface area (Å²) in [6, 6.07) is 10.6. The number of nitrogen functional groups attached to an aromatic ring is 1. The van der Waals surface area contributed by atoms with E-state index in [1.54, 1.807) is 6.07 Å². The smallest absolute Gasteiger partial charge is 0.311 e. The lowest BCUT2D eigenvalue weighted by atomic mass is 10.2. The molecule has 0 spiro atoms. The van der Waals surface area contributed by atoms with Gasteiger partial charge in [-0.3, -0.25) is 10.1 Å². The summed E-state index contributed by atoms with van der Waals surface area (Å²) in [7, 11) is 1.42. The van der Waals surface area contributed by atoms with Gasteiger partial charge in [-0.2, -0.15) is 0 Å². The fourth-order valence-electron chi connectivity index (χ4n) is 1.78. The van der Waals surface area contributed by atoms with E-state index in [-0.39, 0.29) is 11.4 Å². The number of hydrogen-bond acceptors (Lipinski definition) is 5. The lowest BCUT2D eigenvalue weighted by Crippen LogP contribution is -1.95. The minimum absolute atomic E-state index is 0.0284. The lowest BCUT2D eigenvalue weighted by molar-refractivity contribution is -0.385. The maximum atomic E-state index is 11.0. The fourth-order valence-corrected chi connectivity index (χ4v) is 3.05. The van der Waals surface area contributed by atoms with E-state index in [2.05, 4.69) is 15.9 Å². The van der Waals surface area contributed by atoms with Crippen LogP contribution in [0.4, 0.5) is 11.4 Å². The predicted molar refractivity (Wildman–Crippen MR) is 87.8 cm³/mol. The number of hydrogen-bond donors (Lipinski definition) is 1. The van der Waals surface area contributed by atoms with Crippen LogP contribution < -0.4 is 10.5 Å². The molecule has 0 atom stereocenters. The van der Waals surface area contributed by atoms with Crippen LogP contribution in [-0.2, 0) is 5.75 Å². The molecule has 0 aromatic heterocycles. The molecule has 2 aromatic rings. The summed E-state index contributed by atoms with van der Waals surface area (Å²) >= 11 is 4.89. The van der Waals surface area contributed by atoms with Gasteiger partial charge in [0, 0.05) is 26.9 Å². The van der Waals surface area contributed by atoms with E-state index in [1.165, 1.54) is 24.9 Å². The van der Waals surface area contributed by atoms with Gasteiger partial charge in [0.05, 0.1) is 12.0 Å². The van der Waals surface area contributed by atoms with Crippen LogP contribution >= 0.6 is 27.7 Å². The summed E-state index contributed by atoms with van der Waals surface area (Å²) < 4.78 is 5.90. The second kappa shape index (κ2) is 6.82. The molecule has 7 heteroatoms. The van der Waals surface area contributed by atoms with E-state index in [1.807, 2.05) is 24.3 Å². The summed E-state index contributed by atoms with van der Waals surface area (Å²) in [5.41, 5.74) is 7.42. The van der Waals surface area contributed by atoms with Crippen molar-refractivity contribution in [1.82, 2.24) is 0 Å². The Morgan fingerprint density at radius 2 is 2.10 bits per heavy atom. The molecule has 0 amide bonds. The summed E-state index contributed by atoms with van der Waals surface area (Å²) in [6.45, 7) is 0. The third kappa shape index (κ3) is 3.89. The van der Waals surface area contributed by atoms with E-state index in [4.69, 9.17) is 10.5 Å². The predicted octanol–water partition coefficient (Wildman–Crippen LogP) is 4.24. The zero-order valence-corrected chi connectivity index (χ0v) is 13.6. The maximum Gasteiger partial charge on any atom is 0.311 e. The highest BCUT2D eigenvalue weighted by Gasteiger charge is 2.15. The summed E-state index contributed by atoms with van der Waals surface area (Å²) in [6.07, 6.45) is 0. The molecule has 0 aliphatic heterocycles. The Hall–Kier alpha value is -1.73. The van der Waals surface area contributed by atoms with Crippen molar-refractivity contribution in [2.24, 2.45) is 0 Å². The van der Waals surface area contributed by atoms with Gasteiger partial charge in [0.1, 0.15) is 0 Å². The monoisotopic (exact) mass is 368 g/mol. The highest BCUT2D eigenvalue weighted by atomic mass is 79.9. The van der Waals surface area contributed by atoms with Crippen LogP contribution in [-0.4, -0.2) is 12.0 Å². The second-order valence-corrected chi connectivity index (χ2v) is 6.17. The molecule has 21 heavy (non-hydrogen) atoms. The average Bonchev–Trinajstić information content (AvgIpc) is 2.46. The molecule has 2 N–H and O–H groups in total. The molecule has 0 heterocycles. The largest absolute Gasteiger partial charge is 0.490 e. The number of anilines is 1. The van der Waals surface area contributed by atoms with Crippen molar-refractivity contribution in [2.75, 3.05) is 12.8 Å². The first kappa shape index (κ1) is 15.7. The first-order valence-corrected chi connectivity index (χ1v) is 7.78. The number of nitro groups is 1. The van der Waals surface area contributed by atoms with Crippen LogP contribution in [0.25, 0.3) is 0 Å². The minimum Gasteiger partial charge on any atom is -0.490 e. The molecule has 0 radical (unpaired) electrons. The molecule has 2 rings (SSSR count). The SMILES string of the molecule is COc1ccc(CSc2ccc(Br)cc2N)cc1[N+](=O)[O-]. The molecule has 0 aliphatic carbocycles. The van der Waals surface area contributed by atoms with Gasteiger partial charge < -0.3 is 10.5 Å². The summed E-state index contributed by atoms with van der Waals surface area (Å²) in [4.78, 5) is 11.5. The molecule has 2 aromatic carbocycles. The van der Waals surface area contributed by atoms with E-state index in [9.17, 15) is 10.1 Å². The second-order valence-electron chi connectivity index (χ2n) is 4.23. The number of thioether (sulfide) groups is 1. The van der Waals surface area contributed by atoms with Crippen molar-refractivity contribution in [3.05, 3.63) is 56.5 Å². The van der Waals surface area contributed by atoms with Gasteiger partial charge in [-0.05, 0) is 29.8 Å². The van der Waals surface area contributed by atoms with Gasteiger partial charge in [0.25, 0.3) is 0 Å². The molecular weight excluding hydrogens is 356 g/mol. The van der Waals surface area contributed by atoms with E-state index < -0.39 is 4.92 Å². The van der Waals surface area contributed by atoms with Gasteiger partial charge in [-0.25, -0.2) is 0 Å². The van der Waals surface area contributed by atoms with Gasteiger partial charge in [-0.15, -0.1) is 11.8 Å². The Labute approximate surface area is 134 Å². The summed E-state index contributed by atoms with van der Waals surface area (Å²) in [5.74, 6) is 0.855. The molecule has 110 valence electrons. The highest BCUT2D eigenvalue weighted by Crippen LogP contribution is 2.33. The first-order chi connectivity index (χ1) is 10.0. The number of halogens is 1. The van der Waals surface area contributed by atoms with Gasteiger partial charge >= 0.3 is 5.69 Å². The van der Waals surface area contributed by atoms with Crippen molar-refractivity contribution in [3.63, 3.8) is 0 Å². The molecular formula is C14H13BrN2O3S.